The first kappa shape index (κ1) is 14.2. The van der Waals surface area contributed by atoms with Crippen molar-refractivity contribution in [3.8, 4) is 0 Å². The maximum absolute atomic E-state index is 12.3. The number of Topliss-reactive ketones (excluding diaryl/α,β-unsaturated/α-hetero) is 2. The zero-order valence-electron chi connectivity index (χ0n) is 10.9. The molecule has 0 aliphatic rings. The maximum atomic E-state index is 12.3. The summed E-state index contributed by atoms with van der Waals surface area (Å²) in [5.41, 5.74) is 0.149. The largest absolute Gasteiger partial charge is 0.463 e. The number of allylic oxidation sites excluding steroid dienone is 1. The van der Waals surface area contributed by atoms with E-state index in [2.05, 4.69) is 0 Å². The van der Waals surface area contributed by atoms with Gasteiger partial charge >= 0.3 is 0 Å². The monoisotopic (exact) mass is 290 g/mol. The smallest absolute Gasteiger partial charge is 0.199 e. The van der Waals surface area contributed by atoms with Crippen molar-refractivity contribution in [2.45, 2.75) is 13.8 Å². The molecule has 5 heteroatoms. The second-order valence-electron chi connectivity index (χ2n) is 4.33. The summed E-state index contributed by atoms with van der Waals surface area (Å²) < 4.78 is 5.31. The summed E-state index contributed by atoms with van der Waals surface area (Å²) >= 11 is 5.85. The average molecular weight is 291 g/mol. The van der Waals surface area contributed by atoms with Gasteiger partial charge in [0.1, 0.15) is 11.8 Å². The summed E-state index contributed by atoms with van der Waals surface area (Å²) in [6.45, 7) is 2.54. The Kier molecular flexibility index (Phi) is 3.86. The van der Waals surface area contributed by atoms with Crippen molar-refractivity contribution in [1.29, 1.82) is 0 Å². The highest BCUT2D eigenvalue weighted by Gasteiger charge is 2.12. The van der Waals surface area contributed by atoms with Crippen LogP contribution < -0.4 is 5.43 Å². The van der Waals surface area contributed by atoms with Crippen molar-refractivity contribution in [3.63, 3.8) is 0 Å². The minimum Gasteiger partial charge on any atom is -0.463 e. The van der Waals surface area contributed by atoms with Crippen LogP contribution in [0.4, 0.5) is 0 Å². The van der Waals surface area contributed by atoms with E-state index in [4.69, 9.17) is 16.0 Å². The summed E-state index contributed by atoms with van der Waals surface area (Å²) in [6, 6.07) is 4.68. The van der Waals surface area contributed by atoms with E-state index in [1.807, 2.05) is 0 Å². The molecule has 0 atom stereocenters. The highest BCUT2D eigenvalue weighted by molar-refractivity contribution is 6.31. The van der Waals surface area contributed by atoms with E-state index in [1.54, 1.807) is 12.1 Å². The SMILES string of the molecule is CC(=O)C(=Cc1coc2ccc(Cl)cc2c1=O)C(C)=O. The lowest BCUT2D eigenvalue weighted by molar-refractivity contribution is -0.119. The molecule has 1 heterocycles. The van der Waals surface area contributed by atoms with Crippen molar-refractivity contribution >= 4 is 40.2 Å². The Bertz CT molecular complexity index is 783. The van der Waals surface area contributed by atoms with Gasteiger partial charge in [0, 0.05) is 5.02 Å². The van der Waals surface area contributed by atoms with Gasteiger partial charge in [-0.15, -0.1) is 0 Å². The van der Waals surface area contributed by atoms with Crippen LogP contribution in [0.3, 0.4) is 0 Å². The maximum Gasteiger partial charge on any atom is 0.199 e. The summed E-state index contributed by atoms with van der Waals surface area (Å²) in [4.78, 5) is 35.0. The highest BCUT2D eigenvalue weighted by atomic mass is 35.5. The number of hydrogen-bond donors (Lipinski definition) is 0. The van der Waals surface area contributed by atoms with Crippen LogP contribution in [-0.2, 0) is 9.59 Å². The molecule has 2 aromatic rings. The topological polar surface area (TPSA) is 64.3 Å². The number of fused-ring (bicyclic) bond motifs is 1. The molecule has 0 aliphatic carbocycles. The van der Waals surface area contributed by atoms with E-state index in [9.17, 15) is 14.4 Å². The Morgan fingerprint density at radius 1 is 1.20 bits per heavy atom. The number of ketones is 2. The molecule has 4 nitrogen and oxygen atoms in total. The third-order valence-electron chi connectivity index (χ3n) is 2.82. The zero-order chi connectivity index (χ0) is 14.9. The van der Waals surface area contributed by atoms with Crippen LogP contribution in [0.1, 0.15) is 19.4 Å². The highest BCUT2D eigenvalue weighted by Crippen LogP contribution is 2.18. The molecule has 0 fully saturated rings. The standard InChI is InChI=1S/C15H11ClO4/c1-8(17)12(9(2)18)5-10-7-20-14-4-3-11(16)6-13(14)15(10)19/h3-7H,1-2H3. The van der Waals surface area contributed by atoms with Crippen LogP contribution in [0.5, 0.6) is 0 Å². The molecule has 0 bridgehead atoms. The van der Waals surface area contributed by atoms with Crippen molar-refractivity contribution in [1.82, 2.24) is 0 Å². The first-order chi connectivity index (χ1) is 9.40. The van der Waals surface area contributed by atoms with Crippen LogP contribution in [0.15, 0.2) is 39.2 Å². The van der Waals surface area contributed by atoms with Gasteiger partial charge < -0.3 is 4.42 Å². The second-order valence-corrected chi connectivity index (χ2v) is 4.77. The van der Waals surface area contributed by atoms with E-state index in [1.165, 1.54) is 32.3 Å². The molecule has 0 unspecified atom stereocenters. The molecule has 0 saturated heterocycles. The lowest BCUT2D eigenvalue weighted by Gasteiger charge is -2.01. The summed E-state index contributed by atoms with van der Waals surface area (Å²) in [6.07, 6.45) is 2.47. The van der Waals surface area contributed by atoms with E-state index in [0.717, 1.165) is 0 Å². The van der Waals surface area contributed by atoms with E-state index in [0.29, 0.717) is 16.0 Å². The molecule has 20 heavy (non-hydrogen) atoms. The van der Waals surface area contributed by atoms with Gasteiger partial charge in [-0.1, -0.05) is 11.6 Å². The predicted octanol–water partition coefficient (Wildman–Crippen LogP) is 3.01. The summed E-state index contributed by atoms with van der Waals surface area (Å²) in [7, 11) is 0. The van der Waals surface area contributed by atoms with Crippen LogP contribution in [0.2, 0.25) is 5.02 Å². The molecule has 2 rings (SSSR count). The zero-order valence-corrected chi connectivity index (χ0v) is 11.7. The van der Waals surface area contributed by atoms with Crippen LogP contribution in [0, 0.1) is 0 Å². The lowest BCUT2D eigenvalue weighted by atomic mass is 10.0. The number of benzene rings is 1. The fourth-order valence-corrected chi connectivity index (χ4v) is 2.00. The Balaban J connectivity index is 2.70. The minimum absolute atomic E-state index is 0.0429. The van der Waals surface area contributed by atoms with Gasteiger partial charge in [-0.2, -0.15) is 0 Å². The molecule has 1 aromatic heterocycles. The van der Waals surface area contributed by atoms with Gasteiger partial charge in [-0.25, -0.2) is 0 Å². The third kappa shape index (κ3) is 2.70. The third-order valence-corrected chi connectivity index (χ3v) is 3.05. The van der Waals surface area contributed by atoms with Crippen molar-refractivity contribution < 1.29 is 14.0 Å². The van der Waals surface area contributed by atoms with Crippen LogP contribution in [-0.4, -0.2) is 11.6 Å². The molecule has 0 spiro atoms. The normalized spacial score (nSPS) is 10.3. The minimum atomic E-state index is -0.400. The fourth-order valence-electron chi connectivity index (χ4n) is 1.82. The molecular formula is C15H11ClO4. The molecule has 102 valence electrons. The van der Waals surface area contributed by atoms with Gasteiger partial charge in [0.15, 0.2) is 17.0 Å². The Morgan fingerprint density at radius 2 is 1.85 bits per heavy atom. The average Bonchev–Trinajstić information content (AvgIpc) is 2.37. The van der Waals surface area contributed by atoms with Gasteiger partial charge in [-0.3, -0.25) is 14.4 Å². The Labute approximate surface area is 119 Å². The molecule has 1 aromatic carbocycles. The van der Waals surface area contributed by atoms with Crippen LogP contribution in [0.25, 0.3) is 17.0 Å². The number of carbonyl (C=O) groups excluding carboxylic acids is 2. The molecule has 0 radical (unpaired) electrons. The van der Waals surface area contributed by atoms with Gasteiger partial charge in [0.25, 0.3) is 0 Å². The van der Waals surface area contributed by atoms with Gasteiger partial charge in [0.05, 0.1) is 16.5 Å². The van der Waals surface area contributed by atoms with E-state index in [-0.39, 0.29) is 16.6 Å². The molecule has 0 amide bonds. The summed E-state index contributed by atoms with van der Waals surface area (Å²) in [5.74, 6) is -0.800. The van der Waals surface area contributed by atoms with Gasteiger partial charge in [0.2, 0.25) is 0 Å². The van der Waals surface area contributed by atoms with Crippen molar-refractivity contribution in [2.75, 3.05) is 0 Å². The van der Waals surface area contributed by atoms with Crippen molar-refractivity contribution in [2.24, 2.45) is 0 Å². The van der Waals surface area contributed by atoms with E-state index >= 15 is 0 Å². The van der Waals surface area contributed by atoms with Crippen LogP contribution >= 0.6 is 11.6 Å². The molecular weight excluding hydrogens is 280 g/mol. The molecule has 0 N–H and O–H groups in total. The number of halogens is 1. The lowest BCUT2D eigenvalue weighted by Crippen LogP contribution is -2.10. The Morgan fingerprint density at radius 3 is 2.45 bits per heavy atom. The number of carbonyl (C=O) groups is 2. The fraction of sp³-hybridized carbons (Fsp3) is 0.133. The quantitative estimate of drug-likeness (QED) is 0.495. The second kappa shape index (κ2) is 5.43. The Hall–Kier alpha value is -2.20. The van der Waals surface area contributed by atoms with E-state index < -0.39 is 11.6 Å². The number of hydrogen-bond acceptors (Lipinski definition) is 4. The molecule has 0 aliphatic heterocycles. The first-order valence-corrected chi connectivity index (χ1v) is 6.22. The molecule has 0 saturated carbocycles. The summed E-state index contributed by atoms with van der Waals surface area (Å²) in [5, 5.41) is 0.710. The van der Waals surface area contributed by atoms with Gasteiger partial charge in [-0.05, 0) is 38.1 Å². The predicted molar refractivity (Wildman–Crippen MR) is 76.8 cm³/mol. The first-order valence-electron chi connectivity index (χ1n) is 5.85. The van der Waals surface area contributed by atoms with Crippen molar-refractivity contribution in [3.05, 3.63) is 50.8 Å². The number of rotatable bonds is 3.